The minimum Gasteiger partial charge on any atom is -0.384 e. The molecule has 2 unspecified atom stereocenters. The molecule has 0 aliphatic heterocycles. The number of hydrogen-bond donors (Lipinski definition) is 4. The summed E-state index contributed by atoms with van der Waals surface area (Å²) in [6, 6.07) is 0. The number of aliphatic carboxylic acids is 1. The summed E-state index contributed by atoms with van der Waals surface area (Å²) in [6.45, 7) is 5.67. The fourth-order valence-corrected chi connectivity index (χ4v) is 2.02. The molecule has 2 atom stereocenters. The molecular weight excluding hydrogens is 287 g/mol. The van der Waals surface area contributed by atoms with Crippen molar-refractivity contribution in [3.05, 3.63) is 0 Å². The summed E-state index contributed by atoms with van der Waals surface area (Å²) in [4.78, 5) is 20.8. The van der Waals surface area contributed by atoms with E-state index >= 15 is 0 Å². The highest BCUT2D eigenvalue weighted by atomic mass is 31.2. The Bertz CT molecular complexity index is 394. The number of aliphatic hydroxyl groups excluding tert-OH is 2. The lowest BCUT2D eigenvalue weighted by atomic mass is 9.95. The molecule has 0 aromatic rings. The van der Waals surface area contributed by atoms with Gasteiger partial charge in [0.2, 0.25) is 0 Å². The summed E-state index contributed by atoms with van der Waals surface area (Å²) in [5, 5.41) is 31.0. The predicted octanol–water partition coefficient (Wildman–Crippen LogP) is 0.0250. The van der Waals surface area contributed by atoms with E-state index in [0.717, 1.165) is 0 Å². The van der Waals surface area contributed by atoms with E-state index in [1.807, 2.05) is 0 Å². The van der Waals surface area contributed by atoms with Crippen LogP contribution in [0.4, 0.5) is 0 Å². The lowest BCUT2D eigenvalue weighted by molar-refractivity contribution is -0.171. The molecule has 0 spiro atoms. The topological polar surface area (TPSA) is 132 Å². The molecule has 0 bridgehead atoms. The first-order valence-corrected chi connectivity index (χ1v) is 8.84. The molecule has 0 saturated carbocycles. The summed E-state index contributed by atoms with van der Waals surface area (Å²) in [6.07, 6.45) is 0. The smallest absolute Gasteiger partial charge is 0.384 e. The van der Waals surface area contributed by atoms with Gasteiger partial charge < -0.3 is 19.6 Å². The van der Waals surface area contributed by atoms with Gasteiger partial charge in [0.25, 0.3) is 5.91 Å². The number of nitrogens with zero attached hydrogens (tertiary/aromatic N) is 1. The van der Waals surface area contributed by atoms with Crippen molar-refractivity contribution in [1.29, 1.82) is 0 Å². The summed E-state index contributed by atoms with van der Waals surface area (Å²) in [7, 11) is -2.67. The van der Waals surface area contributed by atoms with Crippen molar-refractivity contribution < 1.29 is 29.6 Å². The summed E-state index contributed by atoms with van der Waals surface area (Å²) >= 11 is 0. The Morgan fingerprint density at radius 1 is 1.40 bits per heavy atom. The quantitative estimate of drug-likeness (QED) is 0.125. The average Bonchev–Trinajstić information content (AvgIpc) is 2.26. The number of aliphatic hydroxyl groups is 1. The van der Waals surface area contributed by atoms with Gasteiger partial charge in [0, 0.05) is 6.54 Å². The third kappa shape index (κ3) is 6.00. The lowest BCUT2D eigenvalue weighted by Crippen LogP contribution is -2.45. The molecule has 0 aliphatic rings. The Balaban J connectivity index is 4.41. The largest absolute Gasteiger partial charge is 0.493 e. The molecule has 1 amide bonds. The Morgan fingerprint density at radius 3 is 2.25 bits per heavy atom. The maximum Gasteiger partial charge on any atom is 0.493 e. The first-order chi connectivity index (χ1) is 8.98. The van der Waals surface area contributed by atoms with Crippen LogP contribution in [0, 0.1) is 11.8 Å². The van der Waals surface area contributed by atoms with Crippen LogP contribution < -0.4 is 5.32 Å². The van der Waals surface area contributed by atoms with Crippen LogP contribution in [0.5, 0.6) is 0 Å². The van der Waals surface area contributed by atoms with Gasteiger partial charge in [-0.1, -0.05) is 13.8 Å². The zero-order valence-electron chi connectivity index (χ0n) is 12.1. The molecule has 0 fully saturated rings. The predicted molar refractivity (Wildman–Crippen MR) is 74.9 cm³/mol. The number of hydrogen-bond acceptors (Lipinski definition) is 5. The highest BCUT2D eigenvalue weighted by Gasteiger charge is 2.37. The van der Waals surface area contributed by atoms with Crippen LogP contribution in [0.2, 0.25) is 0 Å². The highest BCUT2D eigenvalue weighted by Crippen LogP contribution is 2.40. The maximum absolute atomic E-state index is 11.8. The van der Waals surface area contributed by atoms with Crippen LogP contribution in [0.1, 0.15) is 13.8 Å². The molecule has 118 valence electrons. The van der Waals surface area contributed by atoms with Gasteiger partial charge in [0.1, 0.15) is 13.0 Å². The second-order valence-corrected chi connectivity index (χ2v) is 8.81. The molecule has 5 N–H and O–H groups in total. The van der Waals surface area contributed by atoms with Crippen LogP contribution in [-0.2, 0) is 9.36 Å². The van der Waals surface area contributed by atoms with Gasteiger partial charge in [-0.25, -0.2) is 5.06 Å². The number of nitrogens with one attached hydrogen (secondary N) is 1. The Labute approximate surface area is 118 Å². The maximum atomic E-state index is 11.8. The van der Waals surface area contributed by atoms with Crippen LogP contribution in [-0.4, -0.2) is 69.5 Å². The van der Waals surface area contributed by atoms with E-state index in [-0.39, 0.29) is 13.2 Å². The minimum atomic E-state index is -2.67. The SMILES string of the molecule is CC(C)C(C(=O)N(O)CNCC(O)P(C)(C)=O)C(O)=[OH+]. The number of carboxylic acid groups (broad SMARTS) is 1. The van der Waals surface area contributed by atoms with Crippen LogP contribution >= 0.6 is 7.14 Å². The van der Waals surface area contributed by atoms with Crippen molar-refractivity contribution in [3.8, 4) is 0 Å². The number of rotatable bonds is 8. The van der Waals surface area contributed by atoms with Gasteiger partial charge in [-0.15, -0.1) is 0 Å². The van der Waals surface area contributed by atoms with Gasteiger partial charge >= 0.3 is 5.97 Å². The van der Waals surface area contributed by atoms with E-state index in [9.17, 15) is 19.7 Å². The van der Waals surface area contributed by atoms with E-state index in [1.165, 1.54) is 13.3 Å². The number of carbonyl (C=O) groups is 1. The lowest BCUT2D eigenvalue weighted by Gasteiger charge is -2.21. The molecule has 8 nitrogen and oxygen atoms in total. The van der Waals surface area contributed by atoms with Crippen molar-refractivity contribution in [2.45, 2.75) is 19.7 Å². The van der Waals surface area contributed by atoms with Gasteiger partial charge in [-0.3, -0.25) is 15.3 Å². The summed E-state index contributed by atoms with van der Waals surface area (Å²) < 4.78 is 11.5. The Morgan fingerprint density at radius 2 is 1.90 bits per heavy atom. The third-order valence-corrected chi connectivity index (χ3v) is 4.39. The van der Waals surface area contributed by atoms with Gasteiger partial charge in [-0.2, -0.15) is 0 Å². The van der Waals surface area contributed by atoms with Gasteiger partial charge in [0.15, 0.2) is 5.92 Å². The number of hydroxylamine groups is 2. The molecule has 0 rings (SSSR count). The van der Waals surface area contributed by atoms with E-state index in [4.69, 9.17) is 9.90 Å². The molecule has 20 heavy (non-hydrogen) atoms. The zero-order chi connectivity index (χ0) is 16.1. The monoisotopic (exact) mass is 311 g/mol. The van der Waals surface area contributed by atoms with Crippen LogP contribution in [0.15, 0.2) is 0 Å². The molecule has 0 aromatic carbocycles. The van der Waals surface area contributed by atoms with Crippen LogP contribution in [0.25, 0.3) is 0 Å². The van der Waals surface area contributed by atoms with Crippen LogP contribution in [0.3, 0.4) is 0 Å². The molecule has 0 aliphatic carbocycles. The Hall–Kier alpha value is -0.950. The first-order valence-electron chi connectivity index (χ1n) is 6.17. The number of amides is 1. The van der Waals surface area contributed by atoms with Gasteiger partial charge in [-0.05, 0) is 19.2 Å². The standard InChI is InChI=1S/C11H23N2O6P/c1-7(2)9(11(16)17)10(15)13(18)6-12-5-8(14)20(3,4)19/h7-9,12,14,18H,5-6H2,1-4H3,(H,16,17)/p+1. The fraction of sp³-hybridized carbons (Fsp3) is 0.818. The van der Waals surface area contributed by atoms with Gasteiger partial charge in [0.05, 0.1) is 6.67 Å². The zero-order valence-corrected chi connectivity index (χ0v) is 13.0. The molecule has 0 aromatic heterocycles. The summed E-state index contributed by atoms with van der Waals surface area (Å²) in [5.41, 5.74) is 0. The summed E-state index contributed by atoms with van der Waals surface area (Å²) in [5.74, 6) is -4.65. The Kier molecular flexibility index (Phi) is 7.37. The van der Waals surface area contributed by atoms with Crippen molar-refractivity contribution in [2.75, 3.05) is 26.5 Å². The van der Waals surface area contributed by atoms with E-state index < -0.39 is 36.7 Å². The average molecular weight is 311 g/mol. The van der Waals surface area contributed by atoms with E-state index in [1.54, 1.807) is 13.8 Å². The molecule has 0 saturated heterocycles. The molecule has 9 heteroatoms. The van der Waals surface area contributed by atoms with Crippen molar-refractivity contribution in [1.82, 2.24) is 10.4 Å². The normalized spacial score (nSPS) is 14.9. The number of carboxylic acids is 1. The first kappa shape index (κ1) is 19.1. The van der Waals surface area contributed by atoms with Crippen molar-refractivity contribution in [2.24, 2.45) is 11.8 Å². The fourth-order valence-electron chi connectivity index (χ4n) is 1.45. The highest BCUT2D eigenvalue weighted by molar-refractivity contribution is 7.62. The molecule has 0 radical (unpaired) electrons. The van der Waals surface area contributed by atoms with Crippen molar-refractivity contribution in [3.63, 3.8) is 0 Å². The molecule has 0 heterocycles. The van der Waals surface area contributed by atoms with Crippen molar-refractivity contribution >= 4 is 19.0 Å². The van der Waals surface area contributed by atoms with E-state index in [2.05, 4.69) is 5.32 Å². The van der Waals surface area contributed by atoms with E-state index in [0.29, 0.717) is 5.06 Å². The second-order valence-electron chi connectivity index (χ2n) is 5.34. The minimum absolute atomic E-state index is 0.0597. The number of carbonyl (C=O) groups excluding carboxylic acids is 1. The molecular formula is C11H24N2O6P+. The second kappa shape index (κ2) is 7.73. The third-order valence-electron chi connectivity index (χ3n) is 2.77.